The van der Waals surface area contributed by atoms with Gasteiger partial charge in [0.1, 0.15) is 0 Å². The molecule has 0 saturated heterocycles. The van der Waals surface area contributed by atoms with Gasteiger partial charge >= 0.3 is 0 Å². The first-order valence-corrected chi connectivity index (χ1v) is 8.64. The summed E-state index contributed by atoms with van der Waals surface area (Å²) >= 11 is 0. The third kappa shape index (κ3) is 7.94. The van der Waals surface area contributed by atoms with Gasteiger partial charge in [0.25, 0.3) is 0 Å². The monoisotopic (exact) mass is 268 g/mol. The molecule has 1 aliphatic carbocycles. The highest BCUT2D eigenvalue weighted by Gasteiger charge is 2.19. The summed E-state index contributed by atoms with van der Waals surface area (Å²) in [7, 11) is 0. The summed E-state index contributed by atoms with van der Waals surface area (Å²) in [6.07, 6.45) is 9.53. The fourth-order valence-corrected chi connectivity index (χ4v) is 2.91. The Hall–Kier alpha value is -0.0800. The van der Waals surface area contributed by atoms with Gasteiger partial charge in [-0.1, -0.05) is 34.1 Å². The summed E-state index contributed by atoms with van der Waals surface area (Å²) in [4.78, 5) is 2.74. The SMILES string of the molecule is CCC(CC)N(CCCCCNC1CC1)CC(C)C. The molecule has 0 aromatic carbocycles. The zero-order valence-corrected chi connectivity index (χ0v) is 13.8. The summed E-state index contributed by atoms with van der Waals surface area (Å²) in [5.41, 5.74) is 0. The lowest BCUT2D eigenvalue weighted by Crippen LogP contribution is -2.38. The number of nitrogens with one attached hydrogen (secondary N) is 1. The van der Waals surface area contributed by atoms with Crippen molar-refractivity contribution in [2.45, 2.75) is 84.7 Å². The topological polar surface area (TPSA) is 15.3 Å². The Labute approximate surface area is 121 Å². The van der Waals surface area contributed by atoms with Gasteiger partial charge in [-0.2, -0.15) is 0 Å². The van der Waals surface area contributed by atoms with Gasteiger partial charge in [0.05, 0.1) is 0 Å². The molecule has 0 aromatic heterocycles. The summed E-state index contributed by atoms with van der Waals surface area (Å²) < 4.78 is 0. The zero-order valence-electron chi connectivity index (χ0n) is 13.8. The van der Waals surface area contributed by atoms with Crippen LogP contribution in [0.3, 0.4) is 0 Å². The molecule has 19 heavy (non-hydrogen) atoms. The largest absolute Gasteiger partial charge is 0.314 e. The molecular formula is C17H36N2. The molecule has 1 saturated carbocycles. The van der Waals surface area contributed by atoms with Crippen molar-refractivity contribution in [2.24, 2.45) is 5.92 Å². The average molecular weight is 268 g/mol. The fourth-order valence-electron chi connectivity index (χ4n) is 2.91. The van der Waals surface area contributed by atoms with Crippen molar-refractivity contribution in [3.05, 3.63) is 0 Å². The summed E-state index contributed by atoms with van der Waals surface area (Å²) in [6, 6.07) is 1.67. The van der Waals surface area contributed by atoms with Gasteiger partial charge in [0, 0.05) is 18.6 Å². The van der Waals surface area contributed by atoms with E-state index < -0.39 is 0 Å². The molecule has 0 spiro atoms. The van der Waals surface area contributed by atoms with E-state index in [1.807, 2.05) is 0 Å². The summed E-state index contributed by atoms with van der Waals surface area (Å²) in [5, 5.41) is 3.61. The highest BCUT2D eigenvalue weighted by Crippen LogP contribution is 2.18. The van der Waals surface area contributed by atoms with Crippen LogP contribution in [-0.2, 0) is 0 Å². The third-order valence-electron chi connectivity index (χ3n) is 4.19. The van der Waals surface area contributed by atoms with E-state index in [1.165, 1.54) is 64.6 Å². The first kappa shape index (κ1) is 17.0. The highest BCUT2D eigenvalue weighted by atomic mass is 15.1. The van der Waals surface area contributed by atoms with Gasteiger partial charge in [-0.25, -0.2) is 0 Å². The van der Waals surface area contributed by atoms with E-state index in [9.17, 15) is 0 Å². The Morgan fingerprint density at radius 2 is 1.74 bits per heavy atom. The van der Waals surface area contributed by atoms with E-state index in [1.54, 1.807) is 0 Å². The van der Waals surface area contributed by atoms with E-state index in [4.69, 9.17) is 0 Å². The zero-order chi connectivity index (χ0) is 14.1. The normalized spacial score (nSPS) is 15.9. The quantitative estimate of drug-likeness (QED) is 0.537. The highest BCUT2D eigenvalue weighted by molar-refractivity contribution is 4.80. The number of unbranched alkanes of at least 4 members (excludes halogenated alkanes) is 2. The van der Waals surface area contributed by atoms with Gasteiger partial charge in [-0.15, -0.1) is 0 Å². The molecule has 0 radical (unpaired) electrons. The third-order valence-corrected chi connectivity index (χ3v) is 4.19. The first-order chi connectivity index (χ1) is 9.17. The first-order valence-electron chi connectivity index (χ1n) is 8.64. The predicted octanol–water partition coefficient (Wildman–Crippen LogP) is 4.06. The average Bonchev–Trinajstić information content (AvgIpc) is 3.18. The number of hydrogen-bond acceptors (Lipinski definition) is 2. The molecule has 0 amide bonds. The molecule has 0 aromatic rings. The van der Waals surface area contributed by atoms with E-state index in [-0.39, 0.29) is 0 Å². The Balaban J connectivity index is 2.11. The predicted molar refractivity (Wildman–Crippen MR) is 85.7 cm³/mol. The molecule has 114 valence electrons. The maximum Gasteiger partial charge on any atom is 0.00901 e. The summed E-state index contributed by atoms with van der Waals surface area (Å²) in [6.45, 7) is 13.2. The van der Waals surface area contributed by atoms with Crippen molar-refractivity contribution in [3.8, 4) is 0 Å². The molecule has 1 rings (SSSR count). The van der Waals surface area contributed by atoms with E-state index >= 15 is 0 Å². The van der Waals surface area contributed by atoms with Crippen LogP contribution in [0.5, 0.6) is 0 Å². The van der Waals surface area contributed by atoms with Crippen molar-refractivity contribution in [3.63, 3.8) is 0 Å². The molecule has 1 fully saturated rings. The smallest absolute Gasteiger partial charge is 0.00901 e. The Morgan fingerprint density at radius 3 is 2.26 bits per heavy atom. The van der Waals surface area contributed by atoms with Crippen molar-refractivity contribution in [1.82, 2.24) is 10.2 Å². The molecule has 0 atom stereocenters. The van der Waals surface area contributed by atoms with Crippen LogP contribution in [0.4, 0.5) is 0 Å². The second-order valence-corrected chi connectivity index (χ2v) is 6.65. The van der Waals surface area contributed by atoms with Crippen LogP contribution >= 0.6 is 0 Å². The molecule has 0 aliphatic heterocycles. The molecule has 1 aliphatic rings. The summed E-state index contributed by atoms with van der Waals surface area (Å²) in [5.74, 6) is 0.789. The van der Waals surface area contributed by atoms with Crippen molar-refractivity contribution in [1.29, 1.82) is 0 Å². The molecule has 2 nitrogen and oxygen atoms in total. The second-order valence-electron chi connectivity index (χ2n) is 6.65. The van der Waals surface area contributed by atoms with Gasteiger partial charge in [0.2, 0.25) is 0 Å². The Morgan fingerprint density at radius 1 is 1.05 bits per heavy atom. The minimum Gasteiger partial charge on any atom is -0.314 e. The van der Waals surface area contributed by atoms with Crippen LogP contribution in [0.15, 0.2) is 0 Å². The molecule has 1 N–H and O–H groups in total. The second kappa shape index (κ2) is 9.77. The lowest BCUT2D eigenvalue weighted by molar-refractivity contribution is 0.162. The van der Waals surface area contributed by atoms with Gasteiger partial charge in [0.15, 0.2) is 0 Å². The van der Waals surface area contributed by atoms with E-state index in [0.29, 0.717) is 0 Å². The number of nitrogens with zero attached hydrogens (tertiary/aromatic N) is 1. The van der Waals surface area contributed by atoms with Crippen LogP contribution in [0.25, 0.3) is 0 Å². The van der Waals surface area contributed by atoms with Crippen molar-refractivity contribution < 1.29 is 0 Å². The van der Waals surface area contributed by atoms with Crippen LogP contribution in [0.1, 0.15) is 72.6 Å². The molecular weight excluding hydrogens is 232 g/mol. The Bertz CT molecular complexity index is 207. The van der Waals surface area contributed by atoms with Crippen LogP contribution in [0, 0.1) is 5.92 Å². The van der Waals surface area contributed by atoms with E-state index in [0.717, 1.165) is 18.0 Å². The lowest BCUT2D eigenvalue weighted by atomic mass is 10.1. The fraction of sp³-hybridized carbons (Fsp3) is 1.00. The minimum absolute atomic E-state index is 0.789. The van der Waals surface area contributed by atoms with Gasteiger partial charge < -0.3 is 10.2 Å². The molecule has 0 unspecified atom stereocenters. The van der Waals surface area contributed by atoms with Crippen LogP contribution in [0.2, 0.25) is 0 Å². The molecule has 0 bridgehead atoms. The maximum atomic E-state index is 3.61. The minimum atomic E-state index is 0.789. The van der Waals surface area contributed by atoms with Gasteiger partial charge in [-0.3, -0.25) is 0 Å². The molecule has 2 heteroatoms. The maximum absolute atomic E-state index is 3.61. The standard InChI is InChI=1S/C17H36N2/c1-5-17(6-2)19(14-15(3)4)13-9-7-8-12-18-16-10-11-16/h15-18H,5-14H2,1-4H3. The van der Waals surface area contributed by atoms with Crippen LogP contribution in [-0.4, -0.2) is 36.6 Å². The lowest BCUT2D eigenvalue weighted by Gasteiger charge is -2.32. The number of hydrogen-bond donors (Lipinski definition) is 1. The van der Waals surface area contributed by atoms with Crippen LogP contribution < -0.4 is 5.32 Å². The number of rotatable bonds is 12. The van der Waals surface area contributed by atoms with Gasteiger partial charge in [-0.05, 0) is 57.5 Å². The Kier molecular flexibility index (Phi) is 8.72. The van der Waals surface area contributed by atoms with Crippen molar-refractivity contribution >= 4 is 0 Å². The molecule has 0 heterocycles. The van der Waals surface area contributed by atoms with Crippen molar-refractivity contribution in [2.75, 3.05) is 19.6 Å². The van der Waals surface area contributed by atoms with E-state index in [2.05, 4.69) is 37.9 Å².